The first-order valence-corrected chi connectivity index (χ1v) is 9.67. The molecule has 1 aliphatic rings. The molecule has 0 saturated carbocycles. The van der Waals surface area contributed by atoms with Crippen LogP contribution in [0, 0.1) is 11.7 Å². The number of rotatable bonds is 5. The van der Waals surface area contributed by atoms with Crippen molar-refractivity contribution in [1.82, 2.24) is 15.8 Å². The molecule has 144 valence electrons. The van der Waals surface area contributed by atoms with Crippen LogP contribution in [-0.2, 0) is 4.79 Å². The molecule has 2 unspecified atom stereocenters. The maximum absolute atomic E-state index is 13.9. The Morgan fingerprint density at radius 2 is 2.11 bits per heavy atom. The van der Waals surface area contributed by atoms with Crippen molar-refractivity contribution in [2.75, 3.05) is 19.0 Å². The molecule has 3 aromatic rings. The van der Waals surface area contributed by atoms with Crippen molar-refractivity contribution < 1.29 is 13.9 Å². The number of hydrogen-bond acceptors (Lipinski definition) is 6. The van der Waals surface area contributed by atoms with Gasteiger partial charge in [-0.1, -0.05) is 30.3 Å². The average Bonchev–Trinajstić information content (AvgIpc) is 3.38. The smallest absolute Gasteiger partial charge is 0.232 e. The fourth-order valence-electron chi connectivity index (χ4n) is 3.20. The molecular formula is C20H19FN4O2S. The van der Waals surface area contributed by atoms with Crippen LogP contribution >= 0.6 is 11.3 Å². The van der Waals surface area contributed by atoms with Crippen LogP contribution in [0.2, 0.25) is 0 Å². The molecule has 1 aromatic heterocycles. The lowest BCUT2D eigenvalue weighted by Gasteiger charge is -2.17. The van der Waals surface area contributed by atoms with E-state index in [1.165, 1.54) is 24.5 Å². The number of aromatic nitrogens is 1. The van der Waals surface area contributed by atoms with Crippen molar-refractivity contribution in [1.29, 1.82) is 0 Å². The Bertz CT molecular complexity index is 979. The molecule has 6 nitrogen and oxygen atoms in total. The van der Waals surface area contributed by atoms with Crippen molar-refractivity contribution in [3.05, 3.63) is 65.3 Å². The van der Waals surface area contributed by atoms with E-state index in [-0.39, 0.29) is 23.6 Å². The molecule has 0 spiro atoms. The average molecular weight is 398 g/mol. The molecule has 2 atom stereocenters. The molecule has 0 bridgehead atoms. The normalized spacial score (nSPS) is 18.8. The van der Waals surface area contributed by atoms with Gasteiger partial charge in [0.05, 0.1) is 24.8 Å². The van der Waals surface area contributed by atoms with E-state index in [4.69, 9.17) is 4.74 Å². The number of carbonyl (C=O) groups excluding carboxylic acids is 1. The number of nitrogens with one attached hydrogen (secondary N) is 3. The zero-order valence-corrected chi connectivity index (χ0v) is 15.9. The summed E-state index contributed by atoms with van der Waals surface area (Å²) in [7, 11) is 1.42. The fraction of sp³-hybridized carbons (Fsp3) is 0.200. The Kier molecular flexibility index (Phi) is 5.34. The number of methoxy groups -OCH3 is 1. The molecule has 4 rings (SSSR count). The number of ether oxygens (including phenoxy) is 1. The van der Waals surface area contributed by atoms with Gasteiger partial charge in [-0.05, 0) is 23.8 Å². The maximum Gasteiger partial charge on any atom is 0.232 e. The minimum Gasteiger partial charge on any atom is -0.494 e. The summed E-state index contributed by atoms with van der Waals surface area (Å²) < 4.78 is 18.9. The Hall–Kier alpha value is -2.81. The van der Waals surface area contributed by atoms with Crippen LogP contribution in [0.25, 0.3) is 11.3 Å². The fourth-order valence-corrected chi connectivity index (χ4v) is 3.93. The van der Waals surface area contributed by atoms with Gasteiger partial charge in [-0.2, -0.15) is 0 Å². The predicted molar refractivity (Wildman–Crippen MR) is 107 cm³/mol. The van der Waals surface area contributed by atoms with Crippen LogP contribution < -0.4 is 20.9 Å². The molecular weight excluding hydrogens is 379 g/mol. The highest BCUT2D eigenvalue weighted by molar-refractivity contribution is 7.14. The van der Waals surface area contributed by atoms with Gasteiger partial charge in [0.1, 0.15) is 0 Å². The SMILES string of the molecule is COc1ccc(-c2csc(NC(=O)C3CNNC3c3ccccc3)n2)cc1F. The largest absolute Gasteiger partial charge is 0.494 e. The van der Waals surface area contributed by atoms with Crippen LogP contribution in [0.5, 0.6) is 5.75 Å². The molecule has 2 heterocycles. The Morgan fingerprint density at radius 3 is 2.86 bits per heavy atom. The van der Waals surface area contributed by atoms with Crippen LogP contribution in [0.4, 0.5) is 9.52 Å². The highest BCUT2D eigenvalue weighted by atomic mass is 32.1. The Labute approximate surface area is 165 Å². The van der Waals surface area contributed by atoms with Crippen molar-refractivity contribution >= 4 is 22.4 Å². The predicted octanol–water partition coefficient (Wildman–Crippen LogP) is 3.36. The molecule has 3 N–H and O–H groups in total. The lowest BCUT2D eigenvalue weighted by molar-refractivity contribution is -0.119. The third-order valence-electron chi connectivity index (χ3n) is 4.66. The standard InChI is InChI=1S/C20H19FN4O2S/c1-27-17-8-7-13(9-15(17)21)16-11-28-20(23-16)24-19(26)14-10-22-25-18(14)12-5-3-2-4-6-12/h2-9,11,14,18,22,25H,10H2,1H3,(H,23,24,26). The number of thiazole rings is 1. The highest BCUT2D eigenvalue weighted by Crippen LogP contribution is 2.30. The van der Waals surface area contributed by atoms with Crippen LogP contribution in [0.3, 0.4) is 0 Å². The van der Waals surface area contributed by atoms with E-state index in [9.17, 15) is 9.18 Å². The number of amides is 1. The highest BCUT2D eigenvalue weighted by Gasteiger charge is 2.34. The minimum atomic E-state index is -0.451. The summed E-state index contributed by atoms with van der Waals surface area (Å²) in [5.74, 6) is -0.658. The number of carbonyl (C=O) groups is 1. The van der Waals surface area contributed by atoms with E-state index in [1.807, 2.05) is 30.3 Å². The maximum atomic E-state index is 13.9. The van der Waals surface area contributed by atoms with E-state index < -0.39 is 5.82 Å². The molecule has 28 heavy (non-hydrogen) atoms. The Morgan fingerprint density at radius 1 is 1.29 bits per heavy atom. The number of nitrogens with zero attached hydrogens (tertiary/aromatic N) is 1. The summed E-state index contributed by atoms with van der Waals surface area (Å²) in [5.41, 5.74) is 8.48. The summed E-state index contributed by atoms with van der Waals surface area (Å²) >= 11 is 1.31. The summed E-state index contributed by atoms with van der Waals surface area (Å²) in [5, 5.41) is 5.15. The summed E-state index contributed by atoms with van der Waals surface area (Å²) in [6.07, 6.45) is 0. The molecule has 1 saturated heterocycles. The monoisotopic (exact) mass is 398 g/mol. The first-order chi connectivity index (χ1) is 13.7. The van der Waals surface area contributed by atoms with Gasteiger partial charge in [-0.15, -0.1) is 11.3 Å². The first kappa shape index (κ1) is 18.5. The first-order valence-electron chi connectivity index (χ1n) is 8.79. The van der Waals surface area contributed by atoms with Gasteiger partial charge < -0.3 is 10.1 Å². The lowest BCUT2D eigenvalue weighted by Crippen LogP contribution is -2.29. The molecule has 2 aromatic carbocycles. The number of halogens is 1. The van der Waals surface area contributed by atoms with Crippen molar-refractivity contribution in [3.8, 4) is 17.0 Å². The van der Waals surface area contributed by atoms with Crippen molar-refractivity contribution in [2.45, 2.75) is 6.04 Å². The quantitative estimate of drug-likeness (QED) is 0.615. The number of benzene rings is 2. The second kappa shape index (κ2) is 8.05. The van der Waals surface area contributed by atoms with Gasteiger partial charge in [-0.3, -0.25) is 10.2 Å². The van der Waals surface area contributed by atoms with E-state index in [0.717, 1.165) is 5.56 Å². The number of hydrogen-bond donors (Lipinski definition) is 3. The summed E-state index contributed by atoms with van der Waals surface area (Å²) in [6.45, 7) is 0.521. The van der Waals surface area contributed by atoms with E-state index >= 15 is 0 Å². The van der Waals surface area contributed by atoms with Gasteiger partial charge in [0.2, 0.25) is 5.91 Å². The zero-order chi connectivity index (χ0) is 19.5. The number of anilines is 1. The van der Waals surface area contributed by atoms with Crippen molar-refractivity contribution in [2.24, 2.45) is 5.92 Å². The van der Waals surface area contributed by atoms with E-state index in [1.54, 1.807) is 17.5 Å². The van der Waals surface area contributed by atoms with E-state index in [0.29, 0.717) is 22.9 Å². The summed E-state index contributed by atoms with van der Waals surface area (Å²) in [4.78, 5) is 17.2. The molecule has 1 amide bonds. The third kappa shape index (κ3) is 3.75. The van der Waals surface area contributed by atoms with E-state index in [2.05, 4.69) is 21.2 Å². The summed E-state index contributed by atoms with van der Waals surface area (Å²) in [6, 6.07) is 14.4. The number of hydrazine groups is 1. The van der Waals surface area contributed by atoms with Crippen LogP contribution in [0.1, 0.15) is 11.6 Å². The van der Waals surface area contributed by atoms with Gasteiger partial charge in [0.25, 0.3) is 0 Å². The zero-order valence-electron chi connectivity index (χ0n) is 15.1. The third-order valence-corrected chi connectivity index (χ3v) is 5.42. The Balaban J connectivity index is 1.48. The molecule has 8 heteroatoms. The van der Waals surface area contributed by atoms with Gasteiger partial charge >= 0.3 is 0 Å². The minimum absolute atomic E-state index is 0.115. The second-order valence-corrected chi connectivity index (χ2v) is 7.25. The van der Waals surface area contributed by atoms with Gasteiger partial charge in [-0.25, -0.2) is 14.8 Å². The second-order valence-electron chi connectivity index (χ2n) is 6.40. The van der Waals surface area contributed by atoms with Gasteiger partial charge in [0, 0.05) is 17.5 Å². The topological polar surface area (TPSA) is 75.3 Å². The molecule has 1 aliphatic heterocycles. The van der Waals surface area contributed by atoms with Gasteiger partial charge in [0.15, 0.2) is 16.7 Å². The lowest BCUT2D eigenvalue weighted by atomic mass is 9.94. The molecule has 0 radical (unpaired) electrons. The van der Waals surface area contributed by atoms with Crippen LogP contribution in [-0.4, -0.2) is 24.5 Å². The molecule has 1 fully saturated rings. The van der Waals surface area contributed by atoms with Crippen molar-refractivity contribution in [3.63, 3.8) is 0 Å². The molecule has 0 aliphatic carbocycles. The van der Waals surface area contributed by atoms with Crippen LogP contribution in [0.15, 0.2) is 53.9 Å².